The van der Waals surface area contributed by atoms with Crippen molar-refractivity contribution in [2.24, 2.45) is 5.92 Å². The fraction of sp³-hybridized carbons (Fsp3) is 0.909. The largest absolute Gasteiger partial charge is 0.395 e. The number of hydrogen-bond acceptors (Lipinski definition) is 3. The van der Waals surface area contributed by atoms with E-state index in [1.165, 1.54) is 0 Å². The first kappa shape index (κ1) is 12.5. The number of piperazine rings is 1. The molecule has 0 aromatic rings. The van der Waals surface area contributed by atoms with E-state index in [0.29, 0.717) is 19.0 Å². The quantitative estimate of drug-likeness (QED) is 0.709. The van der Waals surface area contributed by atoms with E-state index < -0.39 is 0 Å². The van der Waals surface area contributed by atoms with Crippen molar-refractivity contribution >= 4 is 5.91 Å². The van der Waals surface area contributed by atoms with E-state index in [4.69, 9.17) is 5.11 Å². The molecule has 15 heavy (non-hydrogen) atoms. The number of amides is 1. The van der Waals surface area contributed by atoms with Crippen molar-refractivity contribution in [3.63, 3.8) is 0 Å². The highest BCUT2D eigenvalue weighted by atomic mass is 16.3. The number of carbonyl (C=O) groups is 1. The molecular formula is C11H22N2O2. The van der Waals surface area contributed by atoms with Crippen molar-refractivity contribution in [2.75, 3.05) is 39.3 Å². The highest BCUT2D eigenvalue weighted by Gasteiger charge is 2.22. The van der Waals surface area contributed by atoms with E-state index in [0.717, 1.165) is 26.1 Å². The minimum absolute atomic E-state index is 0.0672. The molecule has 1 rings (SSSR count). The topological polar surface area (TPSA) is 43.8 Å². The Morgan fingerprint density at radius 3 is 2.60 bits per heavy atom. The maximum atomic E-state index is 11.6. The highest BCUT2D eigenvalue weighted by Crippen LogP contribution is 2.06. The van der Waals surface area contributed by atoms with Gasteiger partial charge in [-0.05, 0) is 18.9 Å². The van der Waals surface area contributed by atoms with Gasteiger partial charge in [-0.3, -0.25) is 9.69 Å². The molecular weight excluding hydrogens is 192 g/mol. The Balaban J connectivity index is 2.27. The third-order valence-electron chi connectivity index (χ3n) is 2.79. The van der Waals surface area contributed by atoms with E-state index in [9.17, 15) is 4.79 Å². The van der Waals surface area contributed by atoms with Gasteiger partial charge in [0, 0.05) is 19.6 Å². The fourth-order valence-corrected chi connectivity index (χ4v) is 1.75. The number of β-amino-alcohol motifs (C(OH)–C–C–N with tert-alkyl or cyclic N) is 1. The molecule has 0 atom stereocenters. The van der Waals surface area contributed by atoms with Crippen LogP contribution in [-0.4, -0.2) is 60.1 Å². The summed E-state index contributed by atoms with van der Waals surface area (Å²) in [6, 6.07) is 0. The third kappa shape index (κ3) is 4.18. The van der Waals surface area contributed by atoms with Crippen molar-refractivity contribution < 1.29 is 9.90 Å². The Hall–Kier alpha value is -0.610. The zero-order valence-corrected chi connectivity index (χ0v) is 9.78. The van der Waals surface area contributed by atoms with Gasteiger partial charge in [-0.15, -0.1) is 0 Å². The van der Waals surface area contributed by atoms with Gasteiger partial charge in [0.15, 0.2) is 0 Å². The molecule has 4 nitrogen and oxygen atoms in total. The summed E-state index contributed by atoms with van der Waals surface area (Å²) in [7, 11) is 0. The average Bonchev–Trinajstić information content (AvgIpc) is 2.19. The molecule has 1 amide bonds. The zero-order valence-electron chi connectivity index (χ0n) is 9.78. The van der Waals surface area contributed by atoms with Gasteiger partial charge in [0.05, 0.1) is 13.2 Å². The molecule has 0 bridgehead atoms. The summed E-state index contributed by atoms with van der Waals surface area (Å²) in [6.07, 6.45) is 1.15. The number of rotatable bonds is 5. The van der Waals surface area contributed by atoms with E-state index >= 15 is 0 Å². The molecule has 1 aliphatic rings. The van der Waals surface area contributed by atoms with Gasteiger partial charge in [0.1, 0.15) is 0 Å². The fourth-order valence-electron chi connectivity index (χ4n) is 1.75. The molecule has 0 saturated carbocycles. The first-order valence-electron chi connectivity index (χ1n) is 5.74. The molecule has 1 aliphatic heterocycles. The molecule has 1 heterocycles. The van der Waals surface area contributed by atoms with Crippen LogP contribution >= 0.6 is 0 Å². The Morgan fingerprint density at radius 2 is 2.07 bits per heavy atom. The van der Waals surface area contributed by atoms with Crippen LogP contribution in [0.1, 0.15) is 20.3 Å². The van der Waals surface area contributed by atoms with Gasteiger partial charge in [-0.25, -0.2) is 0 Å². The predicted molar refractivity (Wildman–Crippen MR) is 59.6 cm³/mol. The summed E-state index contributed by atoms with van der Waals surface area (Å²) in [5.41, 5.74) is 0. The second-order valence-electron chi connectivity index (χ2n) is 4.56. The van der Waals surface area contributed by atoms with Crippen LogP contribution in [0.4, 0.5) is 0 Å². The van der Waals surface area contributed by atoms with Crippen LogP contribution in [0.3, 0.4) is 0 Å². The highest BCUT2D eigenvalue weighted by molar-refractivity contribution is 5.79. The maximum Gasteiger partial charge on any atom is 0.236 e. The lowest BCUT2D eigenvalue weighted by Crippen LogP contribution is -2.51. The molecule has 1 fully saturated rings. The molecule has 1 saturated heterocycles. The van der Waals surface area contributed by atoms with Gasteiger partial charge >= 0.3 is 0 Å². The lowest BCUT2D eigenvalue weighted by atomic mass is 10.1. The molecule has 0 radical (unpaired) electrons. The third-order valence-corrected chi connectivity index (χ3v) is 2.79. The van der Waals surface area contributed by atoms with Gasteiger partial charge in [0.25, 0.3) is 0 Å². The van der Waals surface area contributed by atoms with Crippen LogP contribution < -0.4 is 0 Å². The van der Waals surface area contributed by atoms with E-state index in [1.807, 2.05) is 0 Å². The first-order chi connectivity index (χ1) is 7.13. The summed E-state index contributed by atoms with van der Waals surface area (Å²) in [6.45, 7) is 8.18. The molecule has 1 N–H and O–H groups in total. The molecule has 4 heteroatoms. The van der Waals surface area contributed by atoms with Crippen LogP contribution in [0.15, 0.2) is 0 Å². The number of carbonyl (C=O) groups excluding carboxylic acids is 1. The normalized spacial score (nSPS) is 18.9. The van der Waals surface area contributed by atoms with Crippen molar-refractivity contribution in [3.05, 3.63) is 0 Å². The minimum Gasteiger partial charge on any atom is -0.395 e. The molecule has 88 valence electrons. The molecule has 0 aliphatic carbocycles. The summed E-state index contributed by atoms with van der Waals surface area (Å²) in [5, 5.41) is 8.77. The Morgan fingerprint density at radius 1 is 1.33 bits per heavy atom. The minimum atomic E-state index is 0.0672. The number of hydrogen-bond donors (Lipinski definition) is 1. The molecule has 0 spiro atoms. The van der Waals surface area contributed by atoms with Crippen molar-refractivity contribution in [1.82, 2.24) is 9.80 Å². The lowest BCUT2D eigenvalue weighted by Gasteiger charge is -2.34. The van der Waals surface area contributed by atoms with Crippen LogP contribution in [0, 0.1) is 5.92 Å². The Labute approximate surface area is 91.9 Å². The van der Waals surface area contributed by atoms with Crippen LogP contribution in [0.2, 0.25) is 0 Å². The average molecular weight is 214 g/mol. The van der Waals surface area contributed by atoms with Gasteiger partial charge in [-0.1, -0.05) is 13.8 Å². The smallest absolute Gasteiger partial charge is 0.236 e. The number of nitrogens with zero attached hydrogens (tertiary/aromatic N) is 2. The second-order valence-corrected chi connectivity index (χ2v) is 4.56. The number of aliphatic hydroxyl groups is 1. The van der Waals surface area contributed by atoms with Gasteiger partial charge in [-0.2, -0.15) is 0 Å². The van der Waals surface area contributed by atoms with E-state index in [2.05, 4.69) is 18.7 Å². The maximum absolute atomic E-state index is 11.6. The monoisotopic (exact) mass is 214 g/mol. The Kier molecular flexibility index (Phi) is 5.05. The summed E-state index contributed by atoms with van der Waals surface area (Å²) in [5.74, 6) is 0.842. The van der Waals surface area contributed by atoms with E-state index in [1.54, 1.807) is 4.90 Å². The van der Waals surface area contributed by atoms with Crippen LogP contribution in [-0.2, 0) is 4.79 Å². The first-order valence-corrected chi connectivity index (χ1v) is 5.74. The summed E-state index contributed by atoms with van der Waals surface area (Å²) < 4.78 is 0. The molecule has 0 unspecified atom stereocenters. The molecule has 0 aromatic carbocycles. The van der Waals surface area contributed by atoms with Gasteiger partial charge < -0.3 is 10.0 Å². The van der Waals surface area contributed by atoms with Crippen molar-refractivity contribution in [3.8, 4) is 0 Å². The predicted octanol–water partition coefficient (Wildman–Crippen LogP) is 0.169. The zero-order chi connectivity index (χ0) is 11.3. The summed E-state index contributed by atoms with van der Waals surface area (Å²) >= 11 is 0. The van der Waals surface area contributed by atoms with Crippen molar-refractivity contribution in [2.45, 2.75) is 20.3 Å². The second kappa shape index (κ2) is 6.08. The van der Waals surface area contributed by atoms with Crippen molar-refractivity contribution in [1.29, 1.82) is 0 Å². The number of aliphatic hydroxyl groups excluding tert-OH is 1. The van der Waals surface area contributed by atoms with Crippen LogP contribution in [0.5, 0.6) is 0 Å². The molecule has 0 aromatic heterocycles. The SMILES string of the molecule is CC(C)CCN1CCN(CCO)C(=O)C1. The lowest BCUT2D eigenvalue weighted by molar-refractivity contribution is -0.136. The summed E-state index contributed by atoms with van der Waals surface area (Å²) in [4.78, 5) is 15.6. The Bertz CT molecular complexity index is 207. The van der Waals surface area contributed by atoms with Gasteiger partial charge in [0.2, 0.25) is 5.91 Å². The van der Waals surface area contributed by atoms with Crippen LogP contribution in [0.25, 0.3) is 0 Å². The standard InChI is InChI=1S/C11H22N2O2/c1-10(2)3-4-12-5-6-13(7-8-14)11(15)9-12/h10,14H,3-9H2,1-2H3. The van der Waals surface area contributed by atoms with E-state index in [-0.39, 0.29) is 12.5 Å².